The Bertz CT molecular complexity index is 1330. The average molecular weight is 463 g/mol. The predicted molar refractivity (Wildman–Crippen MR) is 145 cm³/mol. The molecule has 2 nitrogen and oxygen atoms in total. The second-order valence-electron chi connectivity index (χ2n) is 10.5. The molecule has 178 valence electrons. The molecule has 0 saturated carbocycles. The van der Waals surface area contributed by atoms with E-state index in [-0.39, 0.29) is 5.41 Å². The summed E-state index contributed by atoms with van der Waals surface area (Å²) >= 11 is 0. The Labute approximate surface area is 210 Å². The third-order valence-corrected chi connectivity index (χ3v) is 7.63. The van der Waals surface area contributed by atoms with E-state index in [1.807, 2.05) is 0 Å². The van der Waals surface area contributed by atoms with Crippen LogP contribution < -0.4 is 9.13 Å². The summed E-state index contributed by atoms with van der Waals surface area (Å²) in [7, 11) is 0. The molecule has 2 aromatic heterocycles. The van der Waals surface area contributed by atoms with E-state index < -0.39 is 0 Å². The second kappa shape index (κ2) is 9.77. The van der Waals surface area contributed by atoms with Gasteiger partial charge in [0.1, 0.15) is 13.1 Å². The molecule has 0 aliphatic heterocycles. The van der Waals surface area contributed by atoms with Gasteiger partial charge in [0, 0.05) is 41.5 Å². The molecule has 0 spiro atoms. The smallest absolute Gasteiger partial charge is 0.177 e. The summed E-state index contributed by atoms with van der Waals surface area (Å²) < 4.78 is 4.72. The maximum Gasteiger partial charge on any atom is 0.177 e. The SMILES string of the molecule is CCCC[n+]1ccc(-c2ccc3c(c2)C(C)(C)c2c[n+](CCCC)ccc2-3)c(-c2ccccc2)c1. The van der Waals surface area contributed by atoms with Gasteiger partial charge in [-0.3, -0.25) is 0 Å². The monoisotopic (exact) mass is 462 g/mol. The maximum absolute atomic E-state index is 2.45. The minimum absolute atomic E-state index is 0.0152. The van der Waals surface area contributed by atoms with Crippen LogP contribution in [0.1, 0.15) is 64.5 Å². The Balaban J connectivity index is 1.59. The molecule has 1 aliphatic rings. The van der Waals surface area contributed by atoms with Crippen molar-refractivity contribution < 1.29 is 9.13 Å². The number of unbranched alkanes of at least 4 members (excludes halogenated alkanes) is 2. The van der Waals surface area contributed by atoms with Crippen molar-refractivity contribution in [2.75, 3.05) is 0 Å². The molecule has 0 fully saturated rings. The van der Waals surface area contributed by atoms with Crippen LogP contribution in [0.25, 0.3) is 33.4 Å². The molecule has 0 bridgehead atoms. The summed E-state index contributed by atoms with van der Waals surface area (Å²) in [5.41, 5.74) is 10.8. The lowest BCUT2D eigenvalue weighted by molar-refractivity contribution is -0.697. The molecule has 0 radical (unpaired) electrons. The number of benzene rings is 2. The van der Waals surface area contributed by atoms with Gasteiger partial charge in [-0.1, -0.05) is 83.0 Å². The fourth-order valence-corrected chi connectivity index (χ4v) is 5.48. The molecule has 5 rings (SSSR count). The second-order valence-corrected chi connectivity index (χ2v) is 10.5. The lowest BCUT2D eigenvalue weighted by Gasteiger charge is -2.21. The number of aromatic nitrogens is 2. The van der Waals surface area contributed by atoms with E-state index in [2.05, 4.69) is 122 Å². The van der Waals surface area contributed by atoms with E-state index in [1.54, 1.807) is 0 Å². The third kappa shape index (κ3) is 4.43. The third-order valence-electron chi connectivity index (χ3n) is 7.63. The van der Waals surface area contributed by atoms with E-state index in [9.17, 15) is 0 Å². The molecule has 4 aromatic rings. The molecule has 0 atom stereocenters. The zero-order valence-electron chi connectivity index (χ0n) is 21.7. The molecule has 2 aromatic carbocycles. The number of nitrogens with zero attached hydrogens (tertiary/aromatic N) is 2. The van der Waals surface area contributed by atoms with E-state index >= 15 is 0 Å². The molecule has 0 saturated heterocycles. The molecule has 0 unspecified atom stereocenters. The van der Waals surface area contributed by atoms with E-state index in [0.717, 1.165) is 13.1 Å². The Morgan fingerprint density at radius 2 is 1.23 bits per heavy atom. The van der Waals surface area contributed by atoms with Crippen LogP contribution >= 0.6 is 0 Å². The van der Waals surface area contributed by atoms with Crippen molar-refractivity contribution in [2.24, 2.45) is 0 Å². The van der Waals surface area contributed by atoms with Crippen molar-refractivity contribution in [3.05, 3.63) is 96.6 Å². The van der Waals surface area contributed by atoms with Crippen molar-refractivity contribution >= 4 is 0 Å². The van der Waals surface area contributed by atoms with Crippen LogP contribution in [0.3, 0.4) is 0 Å². The minimum atomic E-state index is -0.0152. The van der Waals surface area contributed by atoms with Gasteiger partial charge in [0.2, 0.25) is 0 Å². The van der Waals surface area contributed by atoms with Crippen LogP contribution in [0, 0.1) is 0 Å². The molecular weight excluding hydrogens is 424 g/mol. The summed E-state index contributed by atoms with van der Waals surface area (Å²) in [6, 6.07) is 22.6. The van der Waals surface area contributed by atoms with Crippen LogP contribution in [-0.4, -0.2) is 0 Å². The maximum atomic E-state index is 2.45. The van der Waals surface area contributed by atoms with Crippen molar-refractivity contribution in [1.29, 1.82) is 0 Å². The Morgan fingerprint density at radius 1 is 0.600 bits per heavy atom. The number of fused-ring (bicyclic) bond motifs is 3. The van der Waals surface area contributed by atoms with Crippen LogP contribution in [0.15, 0.2) is 85.5 Å². The molecule has 0 N–H and O–H groups in total. The molecule has 1 aliphatic carbocycles. The predicted octanol–water partition coefficient (Wildman–Crippen LogP) is 7.50. The van der Waals surface area contributed by atoms with Crippen molar-refractivity contribution in [2.45, 2.75) is 71.9 Å². The Morgan fingerprint density at radius 3 is 1.91 bits per heavy atom. The standard InChI is InChI=1S/C33H38N2/c1-5-7-18-34-20-16-27(30(23-34)25-12-10-9-11-13-25)26-14-15-28-29-17-21-35(19-8-6-2)24-32(29)33(3,4)31(28)22-26/h9-17,20-24H,5-8,18-19H2,1-4H3/q+2. The Kier molecular flexibility index (Phi) is 6.56. The van der Waals surface area contributed by atoms with Gasteiger partial charge < -0.3 is 0 Å². The Hall–Kier alpha value is -3.26. The normalized spacial score (nSPS) is 13.5. The van der Waals surface area contributed by atoms with Crippen LogP contribution in [0.4, 0.5) is 0 Å². The highest BCUT2D eigenvalue weighted by molar-refractivity contribution is 5.87. The van der Waals surface area contributed by atoms with Gasteiger partial charge in [-0.15, -0.1) is 0 Å². The first-order valence-corrected chi connectivity index (χ1v) is 13.3. The van der Waals surface area contributed by atoms with Crippen molar-refractivity contribution in [3.8, 4) is 33.4 Å². The van der Waals surface area contributed by atoms with Crippen LogP contribution in [0.2, 0.25) is 0 Å². The number of hydrogen-bond acceptors (Lipinski definition) is 0. The first-order valence-electron chi connectivity index (χ1n) is 13.3. The first-order chi connectivity index (χ1) is 17.0. The van der Waals surface area contributed by atoms with Gasteiger partial charge in [-0.05, 0) is 33.9 Å². The summed E-state index contributed by atoms with van der Waals surface area (Å²) in [6.45, 7) is 11.4. The highest BCUT2D eigenvalue weighted by atomic mass is 14.9. The summed E-state index contributed by atoms with van der Waals surface area (Å²) in [5, 5.41) is 0. The van der Waals surface area contributed by atoms with Gasteiger partial charge in [-0.25, -0.2) is 9.13 Å². The lowest BCUT2D eigenvalue weighted by Crippen LogP contribution is -2.34. The zero-order valence-corrected chi connectivity index (χ0v) is 21.7. The fraction of sp³-hybridized carbons (Fsp3) is 0.333. The van der Waals surface area contributed by atoms with Crippen LogP contribution in [-0.2, 0) is 18.5 Å². The molecular formula is C33H38N2+2. The highest BCUT2D eigenvalue weighted by Gasteiger charge is 2.38. The summed E-state index contributed by atoms with van der Waals surface area (Å²) in [6.07, 6.45) is 14.1. The van der Waals surface area contributed by atoms with Gasteiger partial charge >= 0.3 is 0 Å². The first kappa shape index (κ1) is 23.5. The topological polar surface area (TPSA) is 7.76 Å². The van der Waals surface area contributed by atoms with Crippen LogP contribution in [0.5, 0.6) is 0 Å². The largest absolute Gasteiger partial charge is 0.205 e. The lowest BCUT2D eigenvalue weighted by atomic mass is 9.82. The zero-order chi connectivity index (χ0) is 24.4. The molecule has 2 heterocycles. The number of hydrogen-bond donors (Lipinski definition) is 0. The molecule has 2 heteroatoms. The van der Waals surface area contributed by atoms with Gasteiger partial charge in [-0.2, -0.15) is 0 Å². The van der Waals surface area contributed by atoms with E-state index in [1.165, 1.54) is 70.2 Å². The van der Waals surface area contributed by atoms with Gasteiger partial charge in [0.25, 0.3) is 0 Å². The van der Waals surface area contributed by atoms with Gasteiger partial charge in [0.05, 0.1) is 5.56 Å². The summed E-state index contributed by atoms with van der Waals surface area (Å²) in [5.74, 6) is 0. The number of aryl methyl sites for hydroxylation is 2. The number of pyridine rings is 2. The minimum Gasteiger partial charge on any atom is -0.205 e. The average Bonchev–Trinajstić information content (AvgIpc) is 3.12. The molecule has 35 heavy (non-hydrogen) atoms. The van der Waals surface area contributed by atoms with E-state index in [0.29, 0.717) is 0 Å². The molecule has 0 amide bonds. The van der Waals surface area contributed by atoms with Crippen molar-refractivity contribution in [3.63, 3.8) is 0 Å². The van der Waals surface area contributed by atoms with E-state index in [4.69, 9.17) is 0 Å². The van der Waals surface area contributed by atoms with Crippen molar-refractivity contribution in [1.82, 2.24) is 0 Å². The summed E-state index contributed by atoms with van der Waals surface area (Å²) in [4.78, 5) is 0. The van der Waals surface area contributed by atoms with Gasteiger partial charge in [0.15, 0.2) is 24.8 Å². The highest BCUT2D eigenvalue weighted by Crippen LogP contribution is 2.49. The fourth-order valence-electron chi connectivity index (χ4n) is 5.48. The number of rotatable bonds is 8. The quantitative estimate of drug-likeness (QED) is 0.239.